The van der Waals surface area contributed by atoms with E-state index in [2.05, 4.69) is 11.8 Å². The minimum Gasteiger partial charge on any atom is -0.371 e. The topological polar surface area (TPSA) is 37.3 Å². The SMILES string of the molecule is CC(C)C(O)(C#Cc1ccccc1)P(=O)(CCc1ccccc1)CCc1ccccc1. The molecular weight excluding hydrogens is 399 g/mol. The number of rotatable bonds is 8. The van der Waals surface area contributed by atoms with Crippen molar-refractivity contribution in [1.82, 2.24) is 0 Å². The van der Waals surface area contributed by atoms with E-state index in [-0.39, 0.29) is 5.92 Å². The lowest BCUT2D eigenvalue weighted by atomic mass is 10.1. The van der Waals surface area contributed by atoms with Crippen molar-refractivity contribution in [2.75, 3.05) is 12.3 Å². The Balaban J connectivity index is 1.94. The lowest BCUT2D eigenvalue weighted by Crippen LogP contribution is -2.36. The first-order valence-corrected chi connectivity index (χ1v) is 13.0. The van der Waals surface area contributed by atoms with Crippen molar-refractivity contribution in [3.8, 4) is 11.8 Å². The number of benzene rings is 3. The second kappa shape index (κ2) is 10.6. The fourth-order valence-electron chi connectivity index (χ4n) is 3.76. The molecule has 3 heteroatoms. The molecule has 1 atom stereocenters. The smallest absolute Gasteiger partial charge is 0.180 e. The first-order valence-electron chi connectivity index (χ1n) is 10.9. The van der Waals surface area contributed by atoms with Gasteiger partial charge in [0.05, 0.1) is 0 Å². The van der Waals surface area contributed by atoms with Gasteiger partial charge in [0.15, 0.2) is 5.34 Å². The first kappa shape index (κ1) is 23.1. The van der Waals surface area contributed by atoms with E-state index in [4.69, 9.17) is 0 Å². The normalized spacial score (nSPS) is 13.3. The Kier molecular flexibility index (Phi) is 7.91. The van der Waals surface area contributed by atoms with Gasteiger partial charge in [0.2, 0.25) is 0 Å². The van der Waals surface area contributed by atoms with Crippen LogP contribution < -0.4 is 0 Å². The zero-order valence-corrected chi connectivity index (χ0v) is 19.3. The number of hydrogen-bond acceptors (Lipinski definition) is 2. The van der Waals surface area contributed by atoms with Gasteiger partial charge in [0, 0.05) is 23.8 Å². The molecule has 0 saturated heterocycles. The molecule has 0 aliphatic heterocycles. The van der Waals surface area contributed by atoms with Crippen molar-refractivity contribution in [2.45, 2.75) is 32.0 Å². The molecule has 2 nitrogen and oxygen atoms in total. The molecule has 0 bridgehead atoms. The molecule has 1 unspecified atom stereocenters. The van der Waals surface area contributed by atoms with E-state index in [9.17, 15) is 9.67 Å². The summed E-state index contributed by atoms with van der Waals surface area (Å²) in [5.41, 5.74) is 3.08. The number of aliphatic hydroxyl groups is 1. The molecule has 0 radical (unpaired) electrons. The zero-order chi connectivity index (χ0) is 22.2. The van der Waals surface area contributed by atoms with Crippen LogP contribution >= 0.6 is 7.14 Å². The molecule has 0 spiro atoms. The highest BCUT2D eigenvalue weighted by Gasteiger charge is 2.47. The zero-order valence-electron chi connectivity index (χ0n) is 18.4. The fourth-order valence-corrected chi connectivity index (χ4v) is 7.11. The Morgan fingerprint density at radius 2 is 1.19 bits per heavy atom. The van der Waals surface area contributed by atoms with Crippen molar-refractivity contribution in [1.29, 1.82) is 0 Å². The van der Waals surface area contributed by atoms with Gasteiger partial charge in [-0.3, -0.25) is 0 Å². The predicted molar refractivity (Wildman–Crippen MR) is 131 cm³/mol. The maximum Gasteiger partial charge on any atom is 0.180 e. The van der Waals surface area contributed by atoms with Crippen LogP contribution in [0.5, 0.6) is 0 Å². The maximum absolute atomic E-state index is 14.5. The lowest BCUT2D eigenvalue weighted by molar-refractivity contribution is 0.131. The van der Waals surface area contributed by atoms with Crippen molar-refractivity contribution >= 4 is 7.14 Å². The van der Waals surface area contributed by atoms with E-state index in [1.54, 1.807) is 0 Å². The summed E-state index contributed by atoms with van der Waals surface area (Å²) in [6.07, 6.45) is 2.19. The maximum atomic E-state index is 14.5. The van der Waals surface area contributed by atoms with E-state index < -0.39 is 12.5 Å². The van der Waals surface area contributed by atoms with Gasteiger partial charge in [-0.05, 0) is 36.1 Å². The summed E-state index contributed by atoms with van der Waals surface area (Å²) < 4.78 is 14.5. The number of aryl methyl sites for hydroxylation is 2. The van der Waals surface area contributed by atoms with Gasteiger partial charge in [-0.2, -0.15) is 0 Å². The monoisotopic (exact) mass is 430 g/mol. The molecule has 31 heavy (non-hydrogen) atoms. The third-order valence-corrected chi connectivity index (χ3v) is 9.56. The molecule has 0 saturated carbocycles. The van der Waals surface area contributed by atoms with E-state index in [0.717, 1.165) is 16.7 Å². The van der Waals surface area contributed by atoms with Crippen LogP contribution in [0.2, 0.25) is 0 Å². The molecular formula is C28H31O2P. The molecule has 0 aliphatic rings. The van der Waals surface area contributed by atoms with Crippen LogP contribution in [0.4, 0.5) is 0 Å². The number of hydrogen-bond donors (Lipinski definition) is 1. The second-order valence-electron chi connectivity index (χ2n) is 8.30. The molecule has 3 aromatic rings. The van der Waals surface area contributed by atoms with Gasteiger partial charge in [0.1, 0.15) is 7.14 Å². The summed E-state index contributed by atoms with van der Waals surface area (Å²) in [6, 6.07) is 29.7. The average molecular weight is 431 g/mol. The van der Waals surface area contributed by atoms with Gasteiger partial charge >= 0.3 is 0 Å². The minimum atomic E-state index is -3.08. The lowest BCUT2D eigenvalue weighted by Gasteiger charge is -2.36. The Labute approximate surface area is 186 Å². The van der Waals surface area contributed by atoms with Crippen molar-refractivity contribution < 1.29 is 9.67 Å². The Bertz CT molecular complexity index is 1000. The minimum absolute atomic E-state index is 0.249. The van der Waals surface area contributed by atoms with E-state index in [0.29, 0.717) is 25.2 Å². The van der Waals surface area contributed by atoms with Gasteiger partial charge in [-0.15, -0.1) is 0 Å². The van der Waals surface area contributed by atoms with Gasteiger partial charge in [-0.1, -0.05) is 105 Å². The van der Waals surface area contributed by atoms with Crippen LogP contribution in [0.3, 0.4) is 0 Å². The molecule has 0 heterocycles. The van der Waals surface area contributed by atoms with Gasteiger partial charge < -0.3 is 9.67 Å². The van der Waals surface area contributed by atoms with Gasteiger partial charge in [0.25, 0.3) is 0 Å². The van der Waals surface area contributed by atoms with Crippen LogP contribution in [0, 0.1) is 17.8 Å². The standard InChI is InChI=1S/C28H31O2P/c1-24(2)28(29,21-18-25-12-6-3-7-13-25)31(30,22-19-26-14-8-4-9-15-26)23-20-27-16-10-5-11-17-27/h3-17,24,29H,19-20,22-23H2,1-2H3. The fraction of sp³-hybridized carbons (Fsp3) is 0.286. The Morgan fingerprint density at radius 3 is 1.61 bits per heavy atom. The van der Waals surface area contributed by atoms with Crippen LogP contribution in [0.15, 0.2) is 91.0 Å². The summed E-state index contributed by atoms with van der Waals surface area (Å²) in [5.74, 6) is 5.91. The van der Waals surface area contributed by atoms with E-state index >= 15 is 0 Å². The van der Waals surface area contributed by atoms with Crippen LogP contribution in [-0.4, -0.2) is 22.8 Å². The molecule has 1 N–H and O–H groups in total. The molecule has 3 rings (SSSR count). The molecule has 0 aromatic heterocycles. The summed E-state index contributed by atoms with van der Waals surface area (Å²) in [4.78, 5) is 0. The average Bonchev–Trinajstić information content (AvgIpc) is 2.81. The third-order valence-electron chi connectivity index (χ3n) is 5.80. The molecule has 160 valence electrons. The second-order valence-corrected chi connectivity index (χ2v) is 11.7. The largest absolute Gasteiger partial charge is 0.371 e. The predicted octanol–water partition coefficient (Wildman–Crippen LogP) is 6.23. The highest BCUT2D eigenvalue weighted by Crippen LogP contribution is 2.60. The molecule has 3 aromatic carbocycles. The van der Waals surface area contributed by atoms with Gasteiger partial charge in [-0.25, -0.2) is 0 Å². The summed E-state index contributed by atoms with van der Waals surface area (Å²) in [5, 5.41) is 10.3. The van der Waals surface area contributed by atoms with Crippen molar-refractivity contribution in [3.05, 3.63) is 108 Å². The first-order chi connectivity index (χ1) is 14.9. The Hall–Kier alpha value is -2.59. The Morgan fingerprint density at radius 1 is 0.774 bits per heavy atom. The van der Waals surface area contributed by atoms with Crippen molar-refractivity contribution in [2.24, 2.45) is 5.92 Å². The van der Waals surface area contributed by atoms with Crippen LogP contribution in [-0.2, 0) is 17.4 Å². The van der Waals surface area contributed by atoms with E-state index in [1.165, 1.54) is 0 Å². The highest BCUT2D eigenvalue weighted by molar-refractivity contribution is 7.65. The molecule has 0 fully saturated rings. The quantitative estimate of drug-likeness (QED) is 0.340. The summed E-state index contributed by atoms with van der Waals surface area (Å²) >= 11 is 0. The third kappa shape index (κ3) is 5.98. The summed E-state index contributed by atoms with van der Waals surface area (Å²) in [7, 11) is -3.08. The van der Waals surface area contributed by atoms with Crippen LogP contribution in [0.1, 0.15) is 30.5 Å². The molecule has 0 amide bonds. The van der Waals surface area contributed by atoms with Crippen molar-refractivity contribution in [3.63, 3.8) is 0 Å². The van der Waals surface area contributed by atoms with Crippen LogP contribution in [0.25, 0.3) is 0 Å². The molecule has 0 aliphatic carbocycles. The van der Waals surface area contributed by atoms with E-state index in [1.807, 2.05) is 105 Å². The summed E-state index contributed by atoms with van der Waals surface area (Å²) in [6.45, 7) is 3.83. The highest BCUT2D eigenvalue weighted by atomic mass is 31.2.